The number of carboxylic acids is 1. The molecule has 0 heterocycles. The summed E-state index contributed by atoms with van der Waals surface area (Å²) in [6, 6.07) is 0.423. The van der Waals surface area contributed by atoms with E-state index in [0.717, 1.165) is 0 Å². The van der Waals surface area contributed by atoms with Crippen LogP contribution in [-0.2, 0) is 25.6 Å². The van der Waals surface area contributed by atoms with Crippen LogP contribution in [0.5, 0.6) is 5.75 Å². The van der Waals surface area contributed by atoms with E-state index in [1.807, 2.05) is 0 Å². The predicted octanol–water partition coefficient (Wildman–Crippen LogP) is -2.42. The quantitative estimate of drug-likeness (QED) is 0.178. The fourth-order valence-electron chi connectivity index (χ4n) is 2.59. The average molecular weight is 454 g/mol. The number of aliphatic hydroxyl groups excluding tert-OH is 2. The van der Waals surface area contributed by atoms with E-state index in [1.165, 1.54) is 45.0 Å². The van der Waals surface area contributed by atoms with Gasteiger partial charge in [-0.3, -0.25) is 19.2 Å². The number of nitrogens with two attached hydrogens (primary N) is 1. The zero-order chi connectivity index (χ0) is 24.6. The Morgan fingerprint density at radius 1 is 0.875 bits per heavy atom. The molecule has 6 atom stereocenters. The van der Waals surface area contributed by atoms with Crippen molar-refractivity contribution >= 4 is 23.7 Å². The fraction of sp³-hybridized carbons (Fsp3) is 0.500. The van der Waals surface area contributed by atoms with Gasteiger partial charge in [0.15, 0.2) is 0 Å². The largest absolute Gasteiger partial charge is 0.508 e. The van der Waals surface area contributed by atoms with E-state index >= 15 is 0 Å². The van der Waals surface area contributed by atoms with Gasteiger partial charge in [0, 0.05) is 6.42 Å². The summed E-state index contributed by atoms with van der Waals surface area (Å²) in [5, 5.41) is 44.7. The summed E-state index contributed by atoms with van der Waals surface area (Å²) in [6.07, 6.45) is -2.66. The lowest BCUT2D eigenvalue weighted by atomic mass is 10.0. The summed E-state index contributed by atoms with van der Waals surface area (Å²) in [5.41, 5.74) is 6.08. The van der Waals surface area contributed by atoms with E-state index in [4.69, 9.17) is 10.8 Å². The van der Waals surface area contributed by atoms with Crippen LogP contribution in [-0.4, -0.2) is 80.5 Å². The Morgan fingerprint density at radius 3 is 1.91 bits per heavy atom. The second-order valence-electron chi connectivity index (χ2n) is 7.49. The van der Waals surface area contributed by atoms with Crippen LogP contribution in [0.3, 0.4) is 0 Å². The summed E-state index contributed by atoms with van der Waals surface area (Å²) in [5.74, 6) is -3.91. The van der Waals surface area contributed by atoms with Crippen molar-refractivity contribution < 1.29 is 39.6 Å². The number of amides is 3. The number of aliphatic hydroxyl groups is 2. The maximum atomic E-state index is 12.8. The van der Waals surface area contributed by atoms with Crippen molar-refractivity contribution in [2.75, 3.05) is 0 Å². The minimum atomic E-state index is -1.50. The number of carboxylic acid groups (broad SMARTS) is 1. The molecule has 0 aliphatic rings. The Morgan fingerprint density at radius 2 is 1.44 bits per heavy atom. The summed E-state index contributed by atoms with van der Waals surface area (Å²) in [6.45, 7) is 3.76. The molecular weight excluding hydrogens is 424 g/mol. The Hall–Kier alpha value is -3.22. The summed E-state index contributed by atoms with van der Waals surface area (Å²) < 4.78 is 0. The standard InChI is InChI=1S/C20H30N4O8/c1-9(20(31)32)22-17(28)14(8-12-4-6-13(27)7-5-12)23-19(30)16(11(3)26)24-18(29)15(21)10(2)25/h4-7,9-11,14-16,25-27H,8,21H2,1-3H3,(H,22,28)(H,23,30)(H,24,29)(H,31,32). The molecular formula is C20H30N4O8. The third kappa shape index (κ3) is 8.13. The Balaban J connectivity index is 3.06. The number of hydrogen-bond acceptors (Lipinski definition) is 8. The first-order chi connectivity index (χ1) is 14.8. The van der Waals surface area contributed by atoms with Crippen molar-refractivity contribution in [2.24, 2.45) is 5.73 Å². The minimum absolute atomic E-state index is 0.00961. The highest BCUT2D eigenvalue weighted by atomic mass is 16.4. The number of phenols is 1. The second kappa shape index (κ2) is 12.0. The van der Waals surface area contributed by atoms with E-state index in [1.54, 1.807) is 0 Å². The van der Waals surface area contributed by atoms with Crippen LogP contribution in [0, 0.1) is 0 Å². The van der Waals surface area contributed by atoms with Crippen LogP contribution in [0.1, 0.15) is 26.3 Å². The van der Waals surface area contributed by atoms with Crippen molar-refractivity contribution in [1.82, 2.24) is 16.0 Å². The topological polar surface area (TPSA) is 211 Å². The Bertz CT molecular complexity index is 812. The van der Waals surface area contributed by atoms with Gasteiger partial charge in [-0.25, -0.2) is 0 Å². The highest BCUT2D eigenvalue weighted by Gasteiger charge is 2.32. The number of nitrogens with one attached hydrogen (secondary N) is 3. The van der Waals surface area contributed by atoms with E-state index < -0.39 is 60.1 Å². The molecule has 12 nitrogen and oxygen atoms in total. The first kappa shape index (κ1) is 26.8. The maximum Gasteiger partial charge on any atom is 0.325 e. The molecule has 9 N–H and O–H groups in total. The Kier molecular flexibility index (Phi) is 10.0. The number of aromatic hydroxyl groups is 1. The van der Waals surface area contributed by atoms with Crippen molar-refractivity contribution in [1.29, 1.82) is 0 Å². The van der Waals surface area contributed by atoms with Crippen molar-refractivity contribution in [3.05, 3.63) is 29.8 Å². The minimum Gasteiger partial charge on any atom is -0.508 e. The molecule has 0 fully saturated rings. The van der Waals surface area contributed by atoms with Gasteiger partial charge in [0.05, 0.1) is 12.2 Å². The molecule has 0 aliphatic carbocycles. The van der Waals surface area contributed by atoms with Gasteiger partial charge in [-0.05, 0) is 38.5 Å². The number of carbonyl (C=O) groups excluding carboxylic acids is 3. The second-order valence-corrected chi connectivity index (χ2v) is 7.49. The van der Waals surface area contributed by atoms with Gasteiger partial charge < -0.3 is 42.1 Å². The van der Waals surface area contributed by atoms with Crippen molar-refractivity contribution in [3.63, 3.8) is 0 Å². The van der Waals surface area contributed by atoms with Crippen molar-refractivity contribution in [3.8, 4) is 5.75 Å². The molecule has 1 aromatic rings. The number of hydrogen-bond donors (Lipinski definition) is 8. The number of aliphatic carboxylic acids is 1. The van der Waals surface area contributed by atoms with Gasteiger partial charge in [-0.15, -0.1) is 0 Å². The van der Waals surface area contributed by atoms with Gasteiger partial charge in [0.1, 0.15) is 29.9 Å². The van der Waals surface area contributed by atoms with Gasteiger partial charge in [-0.2, -0.15) is 0 Å². The number of benzene rings is 1. The SMILES string of the molecule is CC(NC(=O)C(Cc1ccc(O)cc1)NC(=O)C(NC(=O)C(N)C(C)O)C(C)O)C(=O)O. The lowest BCUT2D eigenvalue weighted by Crippen LogP contribution is -2.60. The summed E-state index contributed by atoms with van der Waals surface area (Å²) in [7, 11) is 0. The molecule has 178 valence electrons. The third-order valence-electron chi connectivity index (χ3n) is 4.62. The van der Waals surface area contributed by atoms with E-state index in [9.17, 15) is 34.5 Å². The summed E-state index contributed by atoms with van der Waals surface area (Å²) >= 11 is 0. The first-order valence-corrected chi connectivity index (χ1v) is 9.87. The first-order valence-electron chi connectivity index (χ1n) is 9.87. The molecule has 0 aliphatic heterocycles. The number of carbonyl (C=O) groups is 4. The molecule has 0 aromatic heterocycles. The molecule has 0 radical (unpaired) electrons. The zero-order valence-electron chi connectivity index (χ0n) is 18.0. The van der Waals surface area contributed by atoms with E-state index in [-0.39, 0.29) is 12.2 Å². The van der Waals surface area contributed by atoms with E-state index in [0.29, 0.717) is 5.56 Å². The lowest BCUT2D eigenvalue weighted by Gasteiger charge is -2.26. The molecule has 0 saturated carbocycles. The predicted molar refractivity (Wildman–Crippen MR) is 112 cm³/mol. The van der Waals surface area contributed by atoms with Crippen LogP contribution < -0.4 is 21.7 Å². The molecule has 3 amide bonds. The molecule has 6 unspecified atom stereocenters. The molecule has 12 heteroatoms. The zero-order valence-corrected chi connectivity index (χ0v) is 18.0. The smallest absolute Gasteiger partial charge is 0.325 e. The summed E-state index contributed by atoms with van der Waals surface area (Å²) in [4.78, 5) is 48.6. The van der Waals surface area contributed by atoms with Crippen LogP contribution in [0.2, 0.25) is 0 Å². The van der Waals surface area contributed by atoms with Gasteiger partial charge in [0.25, 0.3) is 0 Å². The van der Waals surface area contributed by atoms with Crippen LogP contribution in [0.25, 0.3) is 0 Å². The van der Waals surface area contributed by atoms with Gasteiger partial charge in [-0.1, -0.05) is 12.1 Å². The van der Waals surface area contributed by atoms with Crippen LogP contribution in [0.15, 0.2) is 24.3 Å². The molecule has 1 aromatic carbocycles. The van der Waals surface area contributed by atoms with E-state index in [2.05, 4.69) is 16.0 Å². The highest BCUT2D eigenvalue weighted by Crippen LogP contribution is 2.12. The monoisotopic (exact) mass is 454 g/mol. The Labute approximate surface area is 184 Å². The normalized spacial score (nSPS) is 16.6. The molecule has 0 bridgehead atoms. The number of phenolic OH excluding ortho intramolecular Hbond substituents is 1. The third-order valence-corrected chi connectivity index (χ3v) is 4.62. The fourth-order valence-corrected chi connectivity index (χ4v) is 2.59. The van der Waals surface area contributed by atoms with Gasteiger partial charge in [0.2, 0.25) is 17.7 Å². The van der Waals surface area contributed by atoms with Crippen LogP contribution >= 0.6 is 0 Å². The molecule has 32 heavy (non-hydrogen) atoms. The highest BCUT2D eigenvalue weighted by molar-refractivity contribution is 5.94. The average Bonchev–Trinajstić information content (AvgIpc) is 2.71. The van der Waals surface area contributed by atoms with Crippen molar-refractivity contribution in [2.45, 2.75) is 63.6 Å². The van der Waals surface area contributed by atoms with Gasteiger partial charge >= 0.3 is 5.97 Å². The number of rotatable bonds is 11. The molecule has 1 rings (SSSR count). The lowest BCUT2D eigenvalue weighted by molar-refractivity contribution is -0.142. The molecule has 0 spiro atoms. The molecule has 0 saturated heterocycles. The maximum absolute atomic E-state index is 12.8. The van der Waals surface area contributed by atoms with Crippen LogP contribution in [0.4, 0.5) is 0 Å².